The highest BCUT2D eigenvalue weighted by Crippen LogP contribution is 2.34. The zero-order valence-electron chi connectivity index (χ0n) is 12.8. The molecule has 0 heterocycles. The third kappa shape index (κ3) is 3.91. The first-order chi connectivity index (χ1) is 10.5. The van der Waals surface area contributed by atoms with Crippen molar-refractivity contribution in [1.82, 2.24) is 0 Å². The van der Waals surface area contributed by atoms with E-state index in [0.29, 0.717) is 23.7 Å². The Kier molecular flexibility index (Phi) is 5.65. The van der Waals surface area contributed by atoms with Crippen molar-refractivity contribution in [3.05, 3.63) is 51.1 Å². The SMILES string of the molecule is CCOc1cc(C(=O)Nc2cccc(C)c2)cc(I)c1OC. The molecule has 0 radical (unpaired) electrons. The number of ether oxygens (including phenoxy) is 2. The highest BCUT2D eigenvalue weighted by atomic mass is 127. The van der Waals surface area contributed by atoms with E-state index in [-0.39, 0.29) is 5.91 Å². The molecule has 0 unspecified atom stereocenters. The van der Waals surface area contributed by atoms with Gasteiger partial charge in [-0.15, -0.1) is 0 Å². The Morgan fingerprint density at radius 2 is 2.05 bits per heavy atom. The Labute approximate surface area is 144 Å². The number of carbonyl (C=O) groups is 1. The Balaban J connectivity index is 2.29. The van der Waals surface area contributed by atoms with Crippen molar-refractivity contribution in [2.24, 2.45) is 0 Å². The topological polar surface area (TPSA) is 47.6 Å². The minimum atomic E-state index is -0.174. The number of benzene rings is 2. The van der Waals surface area contributed by atoms with Gasteiger partial charge in [0.05, 0.1) is 17.3 Å². The van der Waals surface area contributed by atoms with Gasteiger partial charge in [-0.1, -0.05) is 12.1 Å². The molecule has 0 aromatic heterocycles. The Morgan fingerprint density at radius 3 is 2.68 bits per heavy atom. The second-order valence-corrected chi connectivity index (χ2v) is 5.91. The summed E-state index contributed by atoms with van der Waals surface area (Å²) in [5.41, 5.74) is 2.40. The van der Waals surface area contributed by atoms with Gasteiger partial charge in [0.15, 0.2) is 11.5 Å². The van der Waals surface area contributed by atoms with Crippen LogP contribution in [0, 0.1) is 10.5 Å². The molecule has 1 amide bonds. The van der Waals surface area contributed by atoms with Gasteiger partial charge in [0.1, 0.15) is 0 Å². The standard InChI is InChI=1S/C17H18INO3/c1-4-22-15-10-12(9-14(18)16(15)21-3)17(20)19-13-7-5-6-11(2)8-13/h5-10H,4H2,1-3H3,(H,19,20). The average Bonchev–Trinajstić information content (AvgIpc) is 2.47. The lowest BCUT2D eigenvalue weighted by Gasteiger charge is -2.13. The molecule has 0 aliphatic carbocycles. The van der Waals surface area contributed by atoms with E-state index in [9.17, 15) is 4.79 Å². The van der Waals surface area contributed by atoms with Gasteiger partial charge >= 0.3 is 0 Å². The zero-order valence-corrected chi connectivity index (χ0v) is 14.9. The van der Waals surface area contributed by atoms with Gasteiger partial charge in [-0.3, -0.25) is 4.79 Å². The summed E-state index contributed by atoms with van der Waals surface area (Å²) in [5, 5.41) is 2.89. The van der Waals surface area contributed by atoms with Crippen molar-refractivity contribution in [3.8, 4) is 11.5 Å². The number of halogens is 1. The van der Waals surface area contributed by atoms with Crippen molar-refractivity contribution in [2.45, 2.75) is 13.8 Å². The lowest BCUT2D eigenvalue weighted by Crippen LogP contribution is -2.13. The lowest BCUT2D eigenvalue weighted by molar-refractivity contribution is 0.102. The van der Waals surface area contributed by atoms with Crippen LogP contribution < -0.4 is 14.8 Å². The summed E-state index contributed by atoms with van der Waals surface area (Å²) in [4.78, 5) is 12.4. The van der Waals surface area contributed by atoms with Crippen molar-refractivity contribution in [3.63, 3.8) is 0 Å². The number of amides is 1. The van der Waals surface area contributed by atoms with Crippen LogP contribution in [0.3, 0.4) is 0 Å². The number of aryl methyl sites for hydroxylation is 1. The highest BCUT2D eigenvalue weighted by Gasteiger charge is 2.15. The fourth-order valence-electron chi connectivity index (χ4n) is 2.09. The van der Waals surface area contributed by atoms with E-state index >= 15 is 0 Å². The molecule has 0 fully saturated rings. The number of hydrogen-bond acceptors (Lipinski definition) is 3. The summed E-state index contributed by atoms with van der Waals surface area (Å²) < 4.78 is 11.7. The molecule has 0 bridgehead atoms. The number of nitrogens with one attached hydrogen (secondary N) is 1. The Morgan fingerprint density at radius 1 is 1.27 bits per heavy atom. The maximum atomic E-state index is 12.4. The van der Waals surface area contributed by atoms with Crippen LogP contribution in [0.1, 0.15) is 22.8 Å². The predicted octanol–water partition coefficient (Wildman–Crippen LogP) is 4.26. The lowest BCUT2D eigenvalue weighted by atomic mass is 10.1. The molecule has 0 atom stereocenters. The molecular weight excluding hydrogens is 393 g/mol. The predicted molar refractivity (Wildman–Crippen MR) is 96.0 cm³/mol. The minimum Gasteiger partial charge on any atom is -0.492 e. The average molecular weight is 411 g/mol. The van der Waals surface area contributed by atoms with Gasteiger partial charge in [0.25, 0.3) is 5.91 Å². The van der Waals surface area contributed by atoms with Crippen molar-refractivity contribution < 1.29 is 14.3 Å². The monoisotopic (exact) mass is 411 g/mol. The van der Waals surface area contributed by atoms with E-state index in [1.165, 1.54) is 0 Å². The van der Waals surface area contributed by atoms with Gasteiger partial charge < -0.3 is 14.8 Å². The summed E-state index contributed by atoms with van der Waals surface area (Å²) in [6, 6.07) is 11.2. The summed E-state index contributed by atoms with van der Waals surface area (Å²) in [6.07, 6.45) is 0. The van der Waals surface area contributed by atoms with Crippen LogP contribution in [-0.4, -0.2) is 19.6 Å². The van der Waals surface area contributed by atoms with Gasteiger partial charge in [-0.05, 0) is 66.3 Å². The quantitative estimate of drug-likeness (QED) is 0.749. The molecule has 5 heteroatoms. The van der Waals surface area contributed by atoms with E-state index in [0.717, 1.165) is 14.8 Å². The molecule has 1 N–H and O–H groups in total. The fraction of sp³-hybridized carbons (Fsp3) is 0.235. The van der Waals surface area contributed by atoms with Crippen LogP contribution in [-0.2, 0) is 0 Å². The number of hydrogen-bond donors (Lipinski definition) is 1. The van der Waals surface area contributed by atoms with Crippen LogP contribution in [0.15, 0.2) is 36.4 Å². The molecule has 0 aliphatic heterocycles. The number of methoxy groups -OCH3 is 1. The molecule has 22 heavy (non-hydrogen) atoms. The minimum absolute atomic E-state index is 0.174. The smallest absolute Gasteiger partial charge is 0.255 e. The highest BCUT2D eigenvalue weighted by molar-refractivity contribution is 14.1. The van der Waals surface area contributed by atoms with Gasteiger partial charge in [-0.25, -0.2) is 0 Å². The maximum Gasteiger partial charge on any atom is 0.255 e. The molecule has 0 saturated heterocycles. The van der Waals surface area contributed by atoms with Gasteiger partial charge in [0, 0.05) is 11.3 Å². The molecule has 2 aromatic rings. The summed E-state index contributed by atoms with van der Waals surface area (Å²) in [5.74, 6) is 1.05. The van der Waals surface area contributed by atoms with E-state index < -0.39 is 0 Å². The van der Waals surface area contributed by atoms with Crippen molar-refractivity contribution in [2.75, 3.05) is 19.0 Å². The molecule has 4 nitrogen and oxygen atoms in total. The maximum absolute atomic E-state index is 12.4. The molecule has 0 aliphatic rings. The molecule has 2 rings (SSSR count). The number of carbonyl (C=O) groups excluding carboxylic acids is 1. The first kappa shape index (κ1) is 16.6. The molecule has 116 valence electrons. The molecule has 2 aromatic carbocycles. The third-order valence-electron chi connectivity index (χ3n) is 3.05. The molecule has 0 spiro atoms. The van der Waals surface area contributed by atoms with Crippen LogP contribution in [0.5, 0.6) is 11.5 Å². The normalized spacial score (nSPS) is 10.2. The van der Waals surface area contributed by atoms with E-state index in [1.807, 2.05) is 38.1 Å². The largest absolute Gasteiger partial charge is 0.492 e. The second kappa shape index (κ2) is 7.49. The van der Waals surface area contributed by atoms with Crippen LogP contribution in [0.4, 0.5) is 5.69 Å². The number of anilines is 1. The first-order valence-electron chi connectivity index (χ1n) is 6.93. The van der Waals surface area contributed by atoms with Crippen LogP contribution in [0.2, 0.25) is 0 Å². The van der Waals surface area contributed by atoms with E-state index in [2.05, 4.69) is 27.9 Å². The summed E-state index contributed by atoms with van der Waals surface area (Å²) in [6.45, 7) is 4.39. The van der Waals surface area contributed by atoms with E-state index in [4.69, 9.17) is 9.47 Å². The Hall–Kier alpha value is -1.76. The van der Waals surface area contributed by atoms with Gasteiger partial charge in [0.2, 0.25) is 0 Å². The van der Waals surface area contributed by atoms with Crippen LogP contribution in [0.25, 0.3) is 0 Å². The molecule has 0 saturated carbocycles. The Bertz CT molecular complexity index is 686. The van der Waals surface area contributed by atoms with E-state index in [1.54, 1.807) is 19.2 Å². The second-order valence-electron chi connectivity index (χ2n) is 4.75. The molecular formula is C17H18INO3. The van der Waals surface area contributed by atoms with Gasteiger partial charge in [-0.2, -0.15) is 0 Å². The van der Waals surface area contributed by atoms with Crippen molar-refractivity contribution in [1.29, 1.82) is 0 Å². The summed E-state index contributed by atoms with van der Waals surface area (Å²) in [7, 11) is 1.59. The summed E-state index contributed by atoms with van der Waals surface area (Å²) >= 11 is 2.14. The first-order valence-corrected chi connectivity index (χ1v) is 8.01. The fourth-order valence-corrected chi connectivity index (χ4v) is 2.91. The zero-order chi connectivity index (χ0) is 16.1. The van der Waals surface area contributed by atoms with Crippen LogP contribution >= 0.6 is 22.6 Å². The third-order valence-corrected chi connectivity index (χ3v) is 3.85. The number of rotatable bonds is 5. The van der Waals surface area contributed by atoms with Crippen molar-refractivity contribution >= 4 is 34.2 Å².